The van der Waals surface area contributed by atoms with Crippen molar-refractivity contribution in [3.63, 3.8) is 0 Å². The van der Waals surface area contributed by atoms with Gasteiger partial charge in [0, 0.05) is 5.69 Å². The summed E-state index contributed by atoms with van der Waals surface area (Å²) < 4.78 is 5.76. The van der Waals surface area contributed by atoms with Crippen molar-refractivity contribution < 1.29 is 9.53 Å². The third kappa shape index (κ3) is 4.22. The van der Waals surface area contributed by atoms with Crippen LogP contribution in [-0.4, -0.2) is 10.9 Å². The van der Waals surface area contributed by atoms with Crippen LogP contribution >= 0.6 is 11.3 Å². The van der Waals surface area contributed by atoms with Crippen molar-refractivity contribution in [1.29, 1.82) is 0 Å². The maximum absolute atomic E-state index is 12.5. The van der Waals surface area contributed by atoms with Crippen molar-refractivity contribution in [2.45, 2.75) is 0 Å². The normalized spacial score (nSPS) is 10.4. The second kappa shape index (κ2) is 7.85. The zero-order valence-corrected chi connectivity index (χ0v) is 15.1. The molecule has 0 saturated heterocycles. The van der Waals surface area contributed by atoms with Crippen molar-refractivity contribution >= 4 is 22.9 Å². The molecule has 4 nitrogen and oxygen atoms in total. The molecule has 0 atom stereocenters. The van der Waals surface area contributed by atoms with Crippen LogP contribution in [0.5, 0.6) is 11.5 Å². The van der Waals surface area contributed by atoms with Crippen LogP contribution in [0, 0.1) is 0 Å². The third-order valence-electron chi connectivity index (χ3n) is 3.85. The Morgan fingerprint density at radius 1 is 0.815 bits per heavy atom. The number of ether oxygens (including phenoxy) is 1. The van der Waals surface area contributed by atoms with Crippen molar-refractivity contribution in [1.82, 2.24) is 4.98 Å². The van der Waals surface area contributed by atoms with Gasteiger partial charge >= 0.3 is 0 Å². The number of nitrogens with zero attached hydrogens (tertiary/aromatic N) is 1. The van der Waals surface area contributed by atoms with Gasteiger partial charge in [-0.3, -0.25) is 4.79 Å². The number of para-hydroxylation sites is 1. The highest BCUT2D eigenvalue weighted by atomic mass is 32.1. The minimum Gasteiger partial charge on any atom is -0.457 e. The Labute approximate surface area is 161 Å². The van der Waals surface area contributed by atoms with Crippen LogP contribution in [0.15, 0.2) is 90.3 Å². The van der Waals surface area contributed by atoms with E-state index < -0.39 is 0 Å². The van der Waals surface area contributed by atoms with Gasteiger partial charge in [0.05, 0.1) is 10.6 Å². The van der Waals surface area contributed by atoms with Crippen LogP contribution in [0.4, 0.5) is 5.69 Å². The lowest BCUT2D eigenvalue weighted by atomic mass is 10.2. The number of anilines is 1. The largest absolute Gasteiger partial charge is 0.457 e. The summed E-state index contributed by atoms with van der Waals surface area (Å²) in [7, 11) is 0. The maximum Gasteiger partial charge on any atom is 0.274 e. The predicted molar refractivity (Wildman–Crippen MR) is 108 cm³/mol. The average Bonchev–Trinajstić information content (AvgIpc) is 3.25. The summed E-state index contributed by atoms with van der Waals surface area (Å²) >= 11 is 1.59. The molecule has 132 valence electrons. The van der Waals surface area contributed by atoms with Crippen molar-refractivity contribution in [3.05, 3.63) is 96.0 Å². The van der Waals surface area contributed by atoms with E-state index >= 15 is 0 Å². The Morgan fingerprint density at radius 3 is 2.33 bits per heavy atom. The number of thiophene rings is 1. The average molecular weight is 372 g/mol. The smallest absolute Gasteiger partial charge is 0.274 e. The van der Waals surface area contributed by atoms with Crippen LogP contribution in [0.25, 0.3) is 10.6 Å². The van der Waals surface area contributed by atoms with Gasteiger partial charge in [-0.1, -0.05) is 30.3 Å². The summed E-state index contributed by atoms with van der Waals surface area (Å²) in [6.45, 7) is 0. The van der Waals surface area contributed by atoms with E-state index in [1.54, 1.807) is 29.5 Å². The molecule has 0 aliphatic carbocycles. The molecule has 2 heterocycles. The van der Waals surface area contributed by atoms with Gasteiger partial charge in [-0.2, -0.15) is 0 Å². The van der Waals surface area contributed by atoms with E-state index in [4.69, 9.17) is 4.74 Å². The molecule has 5 heteroatoms. The van der Waals surface area contributed by atoms with Gasteiger partial charge < -0.3 is 10.1 Å². The zero-order chi connectivity index (χ0) is 18.5. The summed E-state index contributed by atoms with van der Waals surface area (Å²) in [5, 5.41) is 4.86. The highest BCUT2D eigenvalue weighted by molar-refractivity contribution is 7.13. The van der Waals surface area contributed by atoms with Gasteiger partial charge in [-0.05, 0) is 60.0 Å². The number of benzene rings is 2. The molecule has 1 N–H and O–H groups in total. The molecule has 4 aromatic rings. The van der Waals surface area contributed by atoms with Crippen LogP contribution in [0.3, 0.4) is 0 Å². The fourth-order valence-electron chi connectivity index (χ4n) is 2.55. The first-order valence-electron chi connectivity index (χ1n) is 8.43. The molecule has 0 saturated carbocycles. The number of pyridine rings is 1. The molecule has 0 spiro atoms. The Hall–Kier alpha value is -3.44. The second-order valence-electron chi connectivity index (χ2n) is 5.78. The quantitative estimate of drug-likeness (QED) is 0.478. The Balaban J connectivity index is 1.44. The molecule has 27 heavy (non-hydrogen) atoms. The summed E-state index contributed by atoms with van der Waals surface area (Å²) in [6, 6.07) is 26.2. The minimum absolute atomic E-state index is 0.245. The molecule has 0 aliphatic heterocycles. The van der Waals surface area contributed by atoms with Crippen LogP contribution in [0.1, 0.15) is 10.5 Å². The van der Waals surface area contributed by atoms with Gasteiger partial charge in [0.15, 0.2) is 0 Å². The number of amides is 1. The second-order valence-corrected chi connectivity index (χ2v) is 6.73. The van der Waals surface area contributed by atoms with Gasteiger partial charge in [-0.15, -0.1) is 11.3 Å². The monoisotopic (exact) mass is 372 g/mol. The summed E-state index contributed by atoms with van der Waals surface area (Å²) in [5.74, 6) is 1.23. The number of hydrogen-bond acceptors (Lipinski definition) is 4. The number of nitrogens with one attached hydrogen (secondary N) is 1. The van der Waals surface area contributed by atoms with E-state index in [-0.39, 0.29) is 5.91 Å². The van der Waals surface area contributed by atoms with Crippen LogP contribution < -0.4 is 10.1 Å². The fourth-order valence-corrected chi connectivity index (χ4v) is 3.24. The molecule has 1 amide bonds. The molecule has 0 unspecified atom stereocenters. The predicted octanol–water partition coefficient (Wildman–Crippen LogP) is 5.85. The molecule has 2 aromatic carbocycles. The SMILES string of the molecule is O=C(Nc1ccc(Oc2ccccc2)cc1)c1cccc(-c2cccs2)n1. The maximum atomic E-state index is 12.5. The number of carbonyl (C=O) groups excluding carboxylic acids is 1. The summed E-state index contributed by atoms with van der Waals surface area (Å²) in [4.78, 5) is 18.0. The van der Waals surface area contributed by atoms with E-state index in [0.717, 1.165) is 16.3 Å². The molecule has 4 rings (SSSR count). The van der Waals surface area contributed by atoms with Gasteiger partial charge in [0.25, 0.3) is 5.91 Å². The fraction of sp³-hybridized carbons (Fsp3) is 0. The first-order valence-corrected chi connectivity index (χ1v) is 9.31. The first-order chi connectivity index (χ1) is 13.3. The summed E-state index contributed by atoms with van der Waals surface area (Å²) in [6.07, 6.45) is 0. The molecule has 0 aliphatic rings. The molecule has 0 radical (unpaired) electrons. The highest BCUT2D eigenvalue weighted by Crippen LogP contribution is 2.24. The first kappa shape index (κ1) is 17.0. The van der Waals surface area contributed by atoms with Gasteiger partial charge in [0.2, 0.25) is 0 Å². The molecule has 2 aromatic heterocycles. The Kier molecular flexibility index (Phi) is 4.94. The van der Waals surface area contributed by atoms with Crippen molar-refractivity contribution in [2.24, 2.45) is 0 Å². The van der Waals surface area contributed by atoms with Gasteiger partial charge in [0.1, 0.15) is 17.2 Å². The summed E-state index contributed by atoms with van der Waals surface area (Å²) in [5.41, 5.74) is 1.86. The lowest BCUT2D eigenvalue weighted by molar-refractivity contribution is 0.102. The molecular weight excluding hydrogens is 356 g/mol. The van der Waals surface area contributed by atoms with Crippen LogP contribution in [-0.2, 0) is 0 Å². The third-order valence-corrected chi connectivity index (χ3v) is 4.74. The van der Waals surface area contributed by atoms with E-state index in [0.29, 0.717) is 17.1 Å². The number of carbonyl (C=O) groups is 1. The van der Waals surface area contributed by atoms with Crippen LogP contribution in [0.2, 0.25) is 0 Å². The zero-order valence-electron chi connectivity index (χ0n) is 14.3. The Morgan fingerprint density at radius 2 is 1.59 bits per heavy atom. The van der Waals surface area contributed by atoms with E-state index in [1.165, 1.54) is 0 Å². The van der Waals surface area contributed by atoms with E-state index in [9.17, 15) is 4.79 Å². The number of aromatic nitrogens is 1. The standard InChI is InChI=1S/C22H16N2O2S/c25-22(20-9-4-8-19(24-20)21-10-5-15-27-21)23-16-11-13-18(14-12-16)26-17-6-2-1-3-7-17/h1-15H,(H,23,25). The minimum atomic E-state index is -0.245. The van der Waals surface area contributed by atoms with Crippen molar-refractivity contribution in [3.8, 4) is 22.1 Å². The lowest BCUT2D eigenvalue weighted by Gasteiger charge is -2.08. The van der Waals surface area contributed by atoms with E-state index in [1.807, 2.05) is 72.1 Å². The molecule has 0 bridgehead atoms. The highest BCUT2D eigenvalue weighted by Gasteiger charge is 2.10. The van der Waals surface area contributed by atoms with E-state index in [2.05, 4.69) is 10.3 Å². The number of hydrogen-bond donors (Lipinski definition) is 1. The van der Waals surface area contributed by atoms with Crippen molar-refractivity contribution in [2.75, 3.05) is 5.32 Å². The lowest BCUT2D eigenvalue weighted by Crippen LogP contribution is -2.13. The topological polar surface area (TPSA) is 51.2 Å². The molecule has 0 fully saturated rings. The number of rotatable bonds is 5. The molecular formula is C22H16N2O2S. The van der Waals surface area contributed by atoms with Gasteiger partial charge in [-0.25, -0.2) is 4.98 Å². The Bertz CT molecular complexity index is 1030.